The smallest absolute Gasteiger partial charge is 0.191 e. The largest absolute Gasteiger partial charge is 0.384 e. The van der Waals surface area contributed by atoms with Crippen molar-refractivity contribution in [1.82, 2.24) is 15.5 Å². The molecule has 0 aliphatic carbocycles. The fraction of sp³-hybridized carbons (Fsp3) is 0.522. The lowest BCUT2D eigenvalue weighted by atomic mass is 9.96. The van der Waals surface area contributed by atoms with Gasteiger partial charge in [0.25, 0.3) is 0 Å². The van der Waals surface area contributed by atoms with E-state index in [1.807, 2.05) is 48.6 Å². The van der Waals surface area contributed by atoms with Crippen LogP contribution in [0.4, 0.5) is 0 Å². The molecule has 0 saturated carbocycles. The minimum atomic E-state index is -0.975. The second kappa shape index (κ2) is 10.8. The summed E-state index contributed by atoms with van der Waals surface area (Å²) < 4.78 is 0. The van der Waals surface area contributed by atoms with E-state index in [1.54, 1.807) is 0 Å². The van der Waals surface area contributed by atoms with Gasteiger partial charge in [-0.25, -0.2) is 4.99 Å². The predicted octanol–water partition coefficient (Wildman–Crippen LogP) is 3.42. The van der Waals surface area contributed by atoms with Gasteiger partial charge in [0.05, 0.1) is 6.54 Å². The number of hydrogen-bond acceptors (Lipinski definition) is 4. The second-order valence-electron chi connectivity index (χ2n) is 8.01. The lowest BCUT2D eigenvalue weighted by molar-refractivity contribution is 0.0672. The normalized spacial score (nSPS) is 18.4. The van der Waals surface area contributed by atoms with E-state index in [9.17, 15) is 5.11 Å². The fourth-order valence-corrected chi connectivity index (χ4v) is 4.42. The number of thiophene rings is 1. The van der Waals surface area contributed by atoms with Crippen LogP contribution in [-0.4, -0.2) is 48.7 Å². The van der Waals surface area contributed by atoms with Crippen molar-refractivity contribution < 1.29 is 5.11 Å². The highest BCUT2D eigenvalue weighted by molar-refractivity contribution is 7.09. The molecule has 2 heterocycles. The number of rotatable bonds is 8. The molecule has 1 atom stereocenters. The van der Waals surface area contributed by atoms with Gasteiger partial charge in [0, 0.05) is 24.5 Å². The van der Waals surface area contributed by atoms with Crippen molar-refractivity contribution in [1.29, 1.82) is 0 Å². The molecule has 1 saturated heterocycles. The SMILES string of the molecule is CCNC(=NCC(C)(O)c1ccccc1)NCC1CCN(Cc2cccs2)CC1. The Kier molecular flexibility index (Phi) is 8.09. The number of hydrogen-bond donors (Lipinski definition) is 3. The Morgan fingerprint density at radius 2 is 1.93 bits per heavy atom. The van der Waals surface area contributed by atoms with Crippen LogP contribution in [-0.2, 0) is 12.1 Å². The molecule has 3 N–H and O–H groups in total. The molecule has 5 nitrogen and oxygen atoms in total. The zero-order chi connectivity index (χ0) is 20.5. The summed E-state index contributed by atoms with van der Waals surface area (Å²) in [6.45, 7) is 9.32. The number of benzene rings is 1. The summed E-state index contributed by atoms with van der Waals surface area (Å²) in [6, 6.07) is 14.1. The van der Waals surface area contributed by atoms with Crippen molar-refractivity contribution in [3.63, 3.8) is 0 Å². The van der Waals surface area contributed by atoms with Crippen LogP contribution in [0.1, 0.15) is 37.1 Å². The summed E-state index contributed by atoms with van der Waals surface area (Å²) in [4.78, 5) is 8.65. The van der Waals surface area contributed by atoms with Crippen molar-refractivity contribution in [3.05, 3.63) is 58.3 Å². The standard InChI is InChI=1S/C23H34N4OS/c1-3-24-22(26-18-23(2,28)20-8-5-4-6-9-20)25-16-19-11-13-27(14-12-19)17-21-10-7-15-29-21/h4-10,15,19,28H,3,11-14,16-18H2,1-2H3,(H2,24,25,26). The molecule has 29 heavy (non-hydrogen) atoms. The van der Waals surface area contributed by atoms with Gasteiger partial charge in [-0.1, -0.05) is 36.4 Å². The molecule has 3 rings (SSSR count). The third kappa shape index (κ3) is 6.84. The molecule has 0 radical (unpaired) electrons. The van der Waals surface area contributed by atoms with Gasteiger partial charge < -0.3 is 15.7 Å². The Hall–Kier alpha value is -1.89. The molecule has 1 unspecified atom stereocenters. The number of guanidine groups is 1. The average molecular weight is 415 g/mol. The topological polar surface area (TPSA) is 59.9 Å². The Balaban J connectivity index is 1.46. The molecule has 1 aliphatic heterocycles. The van der Waals surface area contributed by atoms with Crippen molar-refractivity contribution in [2.75, 3.05) is 32.7 Å². The maximum absolute atomic E-state index is 10.8. The van der Waals surface area contributed by atoms with Gasteiger partial charge in [-0.2, -0.15) is 0 Å². The third-order valence-electron chi connectivity index (χ3n) is 5.51. The maximum Gasteiger partial charge on any atom is 0.191 e. The highest BCUT2D eigenvalue weighted by Gasteiger charge is 2.23. The third-order valence-corrected chi connectivity index (χ3v) is 6.37. The predicted molar refractivity (Wildman–Crippen MR) is 122 cm³/mol. The molecule has 0 amide bonds. The quantitative estimate of drug-likeness (QED) is 0.458. The zero-order valence-corrected chi connectivity index (χ0v) is 18.4. The Morgan fingerprint density at radius 1 is 1.17 bits per heavy atom. The van der Waals surface area contributed by atoms with Crippen molar-refractivity contribution in [2.24, 2.45) is 10.9 Å². The molecule has 1 aromatic carbocycles. The molecule has 158 valence electrons. The summed E-state index contributed by atoms with van der Waals surface area (Å²) in [5.41, 5.74) is -0.0887. The number of likely N-dealkylation sites (tertiary alicyclic amines) is 1. The maximum atomic E-state index is 10.8. The molecule has 0 bridgehead atoms. The summed E-state index contributed by atoms with van der Waals surface area (Å²) in [5.74, 6) is 1.44. The van der Waals surface area contributed by atoms with Crippen LogP contribution in [0.25, 0.3) is 0 Å². The molecule has 2 aromatic rings. The number of nitrogens with zero attached hydrogens (tertiary/aromatic N) is 2. The first-order valence-corrected chi connectivity index (χ1v) is 11.5. The number of aliphatic hydroxyl groups is 1. The van der Waals surface area contributed by atoms with Crippen molar-refractivity contribution >= 4 is 17.3 Å². The first kappa shape index (κ1) is 21.8. The van der Waals surface area contributed by atoms with Crippen LogP contribution in [0.15, 0.2) is 52.8 Å². The molecular formula is C23H34N4OS. The van der Waals surface area contributed by atoms with E-state index in [2.05, 4.69) is 45.0 Å². The zero-order valence-electron chi connectivity index (χ0n) is 17.6. The Labute approximate surface area is 178 Å². The number of nitrogens with one attached hydrogen (secondary N) is 2. The van der Waals surface area contributed by atoms with Crippen LogP contribution in [0.2, 0.25) is 0 Å². The van der Waals surface area contributed by atoms with E-state index in [1.165, 1.54) is 17.7 Å². The Morgan fingerprint density at radius 3 is 2.59 bits per heavy atom. The molecule has 1 aliphatic rings. The first-order valence-electron chi connectivity index (χ1n) is 10.6. The van der Waals surface area contributed by atoms with Gasteiger partial charge in [0.2, 0.25) is 0 Å². The van der Waals surface area contributed by atoms with E-state index in [0.29, 0.717) is 12.5 Å². The van der Waals surface area contributed by atoms with Gasteiger partial charge in [0.1, 0.15) is 5.60 Å². The Bertz CT molecular complexity index is 738. The van der Waals surface area contributed by atoms with Gasteiger partial charge in [0.15, 0.2) is 5.96 Å². The van der Waals surface area contributed by atoms with Crippen molar-refractivity contribution in [3.8, 4) is 0 Å². The molecule has 6 heteroatoms. The highest BCUT2D eigenvalue weighted by atomic mass is 32.1. The molecule has 1 fully saturated rings. The van der Waals surface area contributed by atoms with Crippen LogP contribution in [0.3, 0.4) is 0 Å². The minimum absolute atomic E-state index is 0.325. The number of piperidine rings is 1. The van der Waals surface area contributed by atoms with Gasteiger partial charge in [-0.3, -0.25) is 4.90 Å². The van der Waals surface area contributed by atoms with E-state index in [4.69, 9.17) is 0 Å². The number of aliphatic imine (C=N–C) groups is 1. The van der Waals surface area contributed by atoms with Crippen molar-refractivity contribution in [2.45, 2.75) is 38.8 Å². The second-order valence-corrected chi connectivity index (χ2v) is 9.05. The lowest BCUT2D eigenvalue weighted by Crippen LogP contribution is -2.43. The first-order chi connectivity index (χ1) is 14.1. The van der Waals surface area contributed by atoms with Crippen LogP contribution >= 0.6 is 11.3 Å². The summed E-state index contributed by atoms with van der Waals surface area (Å²) in [6.07, 6.45) is 2.42. The van der Waals surface area contributed by atoms with Crippen LogP contribution < -0.4 is 10.6 Å². The van der Waals surface area contributed by atoms with Crippen LogP contribution in [0, 0.1) is 5.92 Å². The van der Waals surface area contributed by atoms with E-state index in [-0.39, 0.29) is 0 Å². The van der Waals surface area contributed by atoms with Gasteiger partial charge >= 0.3 is 0 Å². The minimum Gasteiger partial charge on any atom is -0.384 e. The summed E-state index contributed by atoms with van der Waals surface area (Å²) >= 11 is 1.84. The van der Waals surface area contributed by atoms with E-state index < -0.39 is 5.60 Å². The van der Waals surface area contributed by atoms with Gasteiger partial charge in [-0.05, 0) is 62.7 Å². The summed E-state index contributed by atoms with van der Waals surface area (Å²) in [5, 5.41) is 19.7. The fourth-order valence-electron chi connectivity index (χ4n) is 3.68. The van der Waals surface area contributed by atoms with E-state index >= 15 is 0 Å². The monoisotopic (exact) mass is 414 g/mol. The molecule has 0 spiro atoms. The average Bonchev–Trinajstić information content (AvgIpc) is 3.25. The molecular weight excluding hydrogens is 380 g/mol. The highest BCUT2D eigenvalue weighted by Crippen LogP contribution is 2.21. The van der Waals surface area contributed by atoms with Gasteiger partial charge in [-0.15, -0.1) is 11.3 Å². The molecule has 1 aromatic heterocycles. The van der Waals surface area contributed by atoms with Crippen LogP contribution in [0.5, 0.6) is 0 Å². The van der Waals surface area contributed by atoms with E-state index in [0.717, 1.165) is 44.2 Å². The summed E-state index contributed by atoms with van der Waals surface area (Å²) in [7, 11) is 0. The lowest BCUT2D eigenvalue weighted by Gasteiger charge is -2.32.